The van der Waals surface area contributed by atoms with Crippen LogP contribution >= 0.6 is 12.2 Å². The average molecular weight is 597 g/mol. The van der Waals surface area contributed by atoms with E-state index < -0.39 is 35.2 Å². The normalized spacial score (nSPS) is 23.3. The standard InChI is InChI=1S/C29H30F6N4OS/c1-3-16-15-39-9-7-17(16)10-25(39)26(22-6-8-36-24-5-4-21(40-2)14-23(22)24)38-27(41)37-20-12-18(28(30,31)32)11-19(13-20)29(33,34)35/h4-6,8,11-14,16-17,25-26H,3,7,9-10,15H2,1-2H3,(H2,37,38,41)/t16-,17?,25+,26+/m1/s1. The lowest BCUT2D eigenvalue weighted by molar-refractivity contribution is -0.143. The minimum Gasteiger partial charge on any atom is -0.497 e. The molecule has 3 saturated heterocycles. The topological polar surface area (TPSA) is 49.4 Å². The lowest BCUT2D eigenvalue weighted by Gasteiger charge is -2.52. The third kappa shape index (κ3) is 6.23. The summed E-state index contributed by atoms with van der Waals surface area (Å²) in [5, 5.41) is 6.61. The molecular weight excluding hydrogens is 566 g/mol. The van der Waals surface area contributed by atoms with Crippen LogP contribution in [0.1, 0.15) is 48.9 Å². The van der Waals surface area contributed by atoms with E-state index in [1.165, 1.54) is 0 Å². The Morgan fingerprint density at radius 3 is 2.37 bits per heavy atom. The van der Waals surface area contributed by atoms with E-state index in [2.05, 4.69) is 27.4 Å². The van der Waals surface area contributed by atoms with Crippen molar-refractivity contribution in [1.82, 2.24) is 15.2 Å². The zero-order chi connectivity index (χ0) is 29.5. The summed E-state index contributed by atoms with van der Waals surface area (Å²) in [6.07, 6.45) is -5.21. The van der Waals surface area contributed by atoms with Crippen molar-refractivity contribution >= 4 is 33.9 Å². The summed E-state index contributed by atoms with van der Waals surface area (Å²) in [6.45, 7) is 4.00. The van der Waals surface area contributed by atoms with Crippen LogP contribution in [0.25, 0.3) is 10.9 Å². The Labute approximate surface area is 239 Å². The largest absolute Gasteiger partial charge is 0.497 e. The molecule has 0 spiro atoms. The first-order valence-electron chi connectivity index (χ1n) is 13.4. The number of aromatic nitrogens is 1. The van der Waals surface area contributed by atoms with Crippen molar-refractivity contribution in [2.45, 2.75) is 50.6 Å². The predicted octanol–water partition coefficient (Wildman–Crippen LogP) is 7.43. The number of thiocarbonyl (C=S) groups is 1. The number of benzene rings is 2. The van der Waals surface area contributed by atoms with Gasteiger partial charge in [-0.1, -0.05) is 13.3 Å². The molecule has 0 aliphatic carbocycles. The van der Waals surface area contributed by atoms with Crippen LogP contribution in [-0.4, -0.2) is 41.2 Å². The molecule has 5 nitrogen and oxygen atoms in total. The van der Waals surface area contributed by atoms with E-state index in [4.69, 9.17) is 17.0 Å². The first kappa shape index (κ1) is 29.4. The average Bonchev–Trinajstić information content (AvgIpc) is 2.94. The molecule has 0 saturated carbocycles. The molecule has 2 N–H and O–H groups in total. The summed E-state index contributed by atoms with van der Waals surface area (Å²) in [6, 6.07) is 8.32. The lowest BCUT2D eigenvalue weighted by Crippen LogP contribution is -2.58. The summed E-state index contributed by atoms with van der Waals surface area (Å²) in [4.78, 5) is 6.88. The highest BCUT2D eigenvalue weighted by atomic mass is 32.1. The molecule has 3 fully saturated rings. The Balaban J connectivity index is 1.51. The smallest absolute Gasteiger partial charge is 0.416 e. The van der Waals surface area contributed by atoms with Gasteiger partial charge in [-0.2, -0.15) is 26.3 Å². The number of piperidine rings is 3. The molecule has 2 aromatic carbocycles. The van der Waals surface area contributed by atoms with Crippen LogP contribution in [0.2, 0.25) is 0 Å². The highest BCUT2D eigenvalue weighted by molar-refractivity contribution is 7.80. The van der Waals surface area contributed by atoms with Crippen LogP contribution < -0.4 is 15.4 Å². The van der Waals surface area contributed by atoms with Gasteiger partial charge in [-0.3, -0.25) is 9.88 Å². The lowest BCUT2D eigenvalue weighted by atomic mass is 9.72. The molecule has 3 aliphatic heterocycles. The second kappa shape index (κ2) is 11.3. The monoisotopic (exact) mass is 596 g/mol. The first-order chi connectivity index (χ1) is 19.4. The number of hydrogen-bond acceptors (Lipinski definition) is 4. The number of hydrogen-bond donors (Lipinski definition) is 2. The Hall–Kier alpha value is -3.12. The Morgan fingerprint density at radius 1 is 1.07 bits per heavy atom. The Bertz CT molecular complexity index is 1400. The fourth-order valence-corrected chi connectivity index (χ4v) is 6.50. The maximum absolute atomic E-state index is 13.4. The van der Waals surface area contributed by atoms with Crippen molar-refractivity contribution in [3.63, 3.8) is 0 Å². The highest BCUT2D eigenvalue weighted by Crippen LogP contribution is 2.43. The summed E-state index contributed by atoms with van der Waals surface area (Å²) >= 11 is 5.51. The number of methoxy groups -OCH3 is 1. The van der Waals surface area contributed by atoms with E-state index in [-0.39, 0.29) is 17.2 Å². The fourth-order valence-electron chi connectivity index (χ4n) is 6.25. The van der Waals surface area contributed by atoms with Crippen molar-refractivity contribution in [2.75, 3.05) is 25.5 Å². The van der Waals surface area contributed by atoms with E-state index in [0.717, 1.165) is 48.8 Å². The van der Waals surface area contributed by atoms with Crippen molar-refractivity contribution in [2.24, 2.45) is 11.8 Å². The number of halogens is 6. The number of rotatable bonds is 6. The molecule has 2 bridgehead atoms. The Morgan fingerprint density at radius 2 is 1.78 bits per heavy atom. The van der Waals surface area contributed by atoms with Crippen LogP contribution in [0, 0.1) is 11.8 Å². The number of pyridine rings is 1. The van der Waals surface area contributed by atoms with Gasteiger partial charge in [-0.15, -0.1) is 0 Å². The van der Waals surface area contributed by atoms with Gasteiger partial charge in [0.1, 0.15) is 5.75 Å². The van der Waals surface area contributed by atoms with E-state index in [1.54, 1.807) is 19.4 Å². The number of fused-ring (bicyclic) bond motifs is 4. The van der Waals surface area contributed by atoms with Crippen molar-refractivity contribution in [3.05, 3.63) is 65.4 Å². The quantitative estimate of drug-likeness (QED) is 0.228. The van der Waals surface area contributed by atoms with Gasteiger partial charge in [-0.25, -0.2) is 0 Å². The summed E-state index contributed by atoms with van der Waals surface area (Å²) in [7, 11) is 1.56. The summed E-state index contributed by atoms with van der Waals surface area (Å²) in [5.74, 6) is 1.72. The molecule has 2 unspecified atom stereocenters. The van der Waals surface area contributed by atoms with Gasteiger partial charge in [-0.05, 0) is 91.5 Å². The molecule has 0 amide bonds. The maximum Gasteiger partial charge on any atom is 0.416 e. The van der Waals surface area contributed by atoms with Gasteiger partial charge >= 0.3 is 12.4 Å². The molecule has 4 heterocycles. The molecule has 5 atom stereocenters. The predicted molar refractivity (Wildman–Crippen MR) is 149 cm³/mol. The minimum atomic E-state index is -4.96. The molecule has 3 aromatic rings. The minimum absolute atomic E-state index is 0.000321. The molecule has 41 heavy (non-hydrogen) atoms. The van der Waals surface area contributed by atoms with E-state index in [9.17, 15) is 26.3 Å². The fraction of sp³-hybridized carbons (Fsp3) is 0.448. The van der Waals surface area contributed by atoms with Crippen molar-refractivity contribution < 1.29 is 31.1 Å². The SMILES string of the molecule is CC[C@@H]1CN2CCC1C[C@H]2[C@@H](NC(=S)Nc1cc(C(F)(F)F)cc(C(F)(F)F)c1)c1ccnc2ccc(OC)cc12. The number of nitrogens with zero attached hydrogens (tertiary/aromatic N) is 2. The van der Waals surface area contributed by atoms with Gasteiger partial charge in [0, 0.05) is 29.9 Å². The zero-order valence-corrected chi connectivity index (χ0v) is 23.3. The Kier molecular flexibility index (Phi) is 8.08. The number of nitrogens with one attached hydrogen (secondary N) is 2. The maximum atomic E-state index is 13.4. The van der Waals surface area contributed by atoms with Gasteiger partial charge in [0.05, 0.1) is 29.8 Å². The molecule has 3 aliphatic rings. The van der Waals surface area contributed by atoms with Crippen molar-refractivity contribution in [1.29, 1.82) is 0 Å². The van der Waals surface area contributed by atoms with E-state index in [0.29, 0.717) is 29.7 Å². The number of alkyl halides is 6. The van der Waals surface area contributed by atoms with Crippen molar-refractivity contribution in [3.8, 4) is 5.75 Å². The summed E-state index contributed by atoms with van der Waals surface area (Å²) in [5.41, 5.74) is -1.64. The second-order valence-corrected chi connectivity index (χ2v) is 11.1. The highest BCUT2D eigenvalue weighted by Gasteiger charge is 2.43. The van der Waals surface area contributed by atoms with E-state index >= 15 is 0 Å². The van der Waals surface area contributed by atoms with Gasteiger partial charge in [0.2, 0.25) is 0 Å². The van der Waals surface area contributed by atoms with Gasteiger partial charge < -0.3 is 15.4 Å². The van der Waals surface area contributed by atoms with Crippen LogP contribution in [0.15, 0.2) is 48.7 Å². The molecule has 6 rings (SSSR count). The zero-order valence-electron chi connectivity index (χ0n) is 22.4. The van der Waals surface area contributed by atoms with Crippen LogP contribution in [0.4, 0.5) is 32.0 Å². The van der Waals surface area contributed by atoms with Crippen LogP contribution in [0.5, 0.6) is 5.75 Å². The first-order valence-corrected chi connectivity index (χ1v) is 13.8. The molecule has 0 radical (unpaired) electrons. The third-order valence-electron chi connectivity index (χ3n) is 8.29. The molecule has 1 aromatic heterocycles. The number of ether oxygens (including phenoxy) is 1. The molecular formula is C29H30F6N4OS. The third-order valence-corrected chi connectivity index (χ3v) is 8.51. The van der Waals surface area contributed by atoms with Gasteiger partial charge in [0.15, 0.2) is 5.11 Å². The second-order valence-electron chi connectivity index (χ2n) is 10.7. The van der Waals surface area contributed by atoms with Crippen LogP contribution in [-0.2, 0) is 12.4 Å². The molecule has 220 valence electrons. The van der Waals surface area contributed by atoms with Gasteiger partial charge in [0.25, 0.3) is 0 Å². The molecule has 12 heteroatoms. The van der Waals surface area contributed by atoms with Crippen LogP contribution in [0.3, 0.4) is 0 Å². The van der Waals surface area contributed by atoms with E-state index in [1.807, 2.05) is 18.2 Å². The summed E-state index contributed by atoms with van der Waals surface area (Å²) < 4.78 is 86.1. The number of anilines is 1.